The van der Waals surface area contributed by atoms with Crippen LogP contribution in [0.4, 0.5) is 17.1 Å². The standard InChI is InChI=1S/C42H30N2O/c1-42(2)34-19-11-18-33(41-43-36-20-7-8-23-39(36)45-41)40(34)32-25-24-29(26-35(32)42)44(37-21-9-14-27-12-3-5-16-30(27)37)38-22-10-15-28-13-4-6-17-31(28)38/h3-26H,1-2H3. The summed E-state index contributed by atoms with van der Waals surface area (Å²) in [4.78, 5) is 7.33. The fourth-order valence-corrected chi connectivity index (χ4v) is 7.29. The lowest BCUT2D eigenvalue weighted by Crippen LogP contribution is -2.16. The van der Waals surface area contributed by atoms with Crippen LogP contribution in [0.25, 0.3) is 55.2 Å². The molecule has 214 valence electrons. The number of hydrogen-bond acceptors (Lipinski definition) is 3. The van der Waals surface area contributed by atoms with Gasteiger partial charge in [0.05, 0.1) is 11.4 Å². The van der Waals surface area contributed by atoms with Gasteiger partial charge in [-0.25, -0.2) is 4.98 Å². The molecule has 7 aromatic carbocycles. The number of para-hydroxylation sites is 2. The summed E-state index contributed by atoms with van der Waals surface area (Å²) in [6.07, 6.45) is 0. The number of anilines is 3. The highest BCUT2D eigenvalue weighted by molar-refractivity contribution is 6.05. The maximum atomic E-state index is 6.30. The van der Waals surface area contributed by atoms with Crippen LogP contribution in [0.15, 0.2) is 150 Å². The first-order valence-electron chi connectivity index (χ1n) is 15.5. The van der Waals surface area contributed by atoms with Gasteiger partial charge in [-0.3, -0.25) is 0 Å². The fourth-order valence-electron chi connectivity index (χ4n) is 7.29. The Balaban J connectivity index is 1.28. The van der Waals surface area contributed by atoms with Gasteiger partial charge in [0.25, 0.3) is 0 Å². The molecule has 8 aromatic rings. The second kappa shape index (κ2) is 9.67. The summed E-state index contributed by atoms with van der Waals surface area (Å²) < 4.78 is 6.30. The van der Waals surface area contributed by atoms with Crippen molar-refractivity contribution < 1.29 is 4.42 Å². The van der Waals surface area contributed by atoms with Crippen LogP contribution in [0.1, 0.15) is 25.0 Å². The predicted molar refractivity (Wildman–Crippen MR) is 187 cm³/mol. The van der Waals surface area contributed by atoms with E-state index >= 15 is 0 Å². The Morgan fingerprint density at radius 1 is 0.556 bits per heavy atom. The molecule has 1 aromatic heterocycles. The van der Waals surface area contributed by atoms with Crippen molar-refractivity contribution in [1.29, 1.82) is 0 Å². The van der Waals surface area contributed by atoms with Gasteiger partial charge in [0.2, 0.25) is 5.89 Å². The SMILES string of the molecule is CC1(C)c2cc(N(c3cccc4ccccc34)c3cccc4ccccc34)ccc2-c2c(-c3nc4ccccc4o3)cccc21. The summed E-state index contributed by atoms with van der Waals surface area (Å²) in [5.41, 5.74) is 11.0. The normalized spacial score (nSPS) is 13.3. The van der Waals surface area contributed by atoms with Crippen molar-refractivity contribution in [2.24, 2.45) is 0 Å². The van der Waals surface area contributed by atoms with E-state index in [2.05, 4.69) is 140 Å². The van der Waals surface area contributed by atoms with Gasteiger partial charge < -0.3 is 9.32 Å². The van der Waals surface area contributed by atoms with Crippen molar-refractivity contribution in [3.63, 3.8) is 0 Å². The van der Waals surface area contributed by atoms with E-state index in [0.29, 0.717) is 5.89 Å². The molecule has 0 atom stereocenters. The van der Waals surface area contributed by atoms with E-state index in [1.54, 1.807) is 0 Å². The molecular weight excluding hydrogens is 548 g/mol. The van der Waals surface area contributed by atoms with Gasteiger partial charge in [0, 0.05) is 27.4 Å². The Labute approximate surface area is 262 Å². The molecule has 45 heavy (non-hydrogen) atoms. The van der Waals surface area contributed by atoms with E-state index in [1.165, 1.54) is 43.8 Å². The van der Waals surface area contributed by atoms with Crippen molar-refractivity contribution in [2.75, 3.05) is 4.90 Å². The zero-order chi connectivity index (χ0) is 30.1. The number of fused-ring (bicyclic) bond motifs is 6. The Kier molecular flexibility index (Phi) is 5.54. The van der Waals surface area contributed by atoms with Crippen LogP contribution in [0, 0.1) is 0 Å². The quantitative estimate of drug-likeness (QED) is 0.208. The molecule has 0 aliphatic heterocycles. The topological polar surface area (TPSA) is 29.3 Å². The van der Waals surface area contributed by atoms with Crippen LogP contribution in [0.2, 0.25) is 0 Å². The first-order valence-corrected chi connectivity index (χ1v) is 15.5. The molecule has 3 nitrogen and oxygen atoms in total. The highest BCUT2D eigenvalue weighted by Gasteiger charge is 2.38. The second-order valence-corrected chi connectivity index (χ2v) is 12.4. The number of hydrogen-bond donors (Lipinski definition) is 0. The molecule has 0 amide bonds. The van der Waals surface area contributed by atoms with Crippen LogP contribution >= 0.6 is 0 Å². The van der Waals surface area contributed by atoms with Gasteiger partial charge in [0.1, 0.15) is 5.52 Å². The van der Waals surface area contributed by atoms with E-state index < -0.39 is 0 Å². The monoisotopic (exact) mass is 578 g/mol. The van der Waals surface area contributed by atoms with Crippen LogP contribution < -0.4 is 4.90 Å². The van der Waals surface area contributed by atoms with Crippen molar-refractivity contribution in [1.82, 2.24) is 4.98 Å². The zero-order valence-electron chi connectivity index (χ0n) is 25.2. The van der Waals surface area contributed by atoms with E-state index in [4.69, 9.17) is 9.40 Å². The van der Waals surface area contributed by atoms with Gasteiger partial charge in [-0.15, -0.1) is 0 Å². The largest absolute Gasteiger partial charge is 0.436 e. The number of aromatic nitrogens is 1. The molecule has 0 radical (unpaired) electrons. The summed E-state index contributed by atoms with van der Waals surface area (Å²) >= 11 is 0. The van der Waals surface area contributed by atoms with Gasteiger partial charge in [0.15, 0.2) is 5.58 Å². The molecule has 1 aliphatic carbocycles. The summed E-state index contributed by atoms with van der Waals surface area (Å²) in [6.45, 7) is 4.66. The number of rotatable bonds is 4. The lowest BCUT2D eigenvalue weighted by Gasteiger charge is -2.30. The van der Waals surface area contributed by atoms with Crippen LogP contribution in [-0.2, 0) is 5.41 Å². The van der Waals surface area contributed by atoms with Gasteiger partial charge in [-0.1, -0.05) is 117 Å². The average molecular weight is 579 g/mol. The third-order valence-electron chi connectivity index (χ3n) is 9.48. The molecule has 0 spiro atoms. The first kappa shape index (κ1) is 25.8. The molecule has 0 saturated carbocycles. The average Bonchev–Trinajstić information content (AvgIpc) is 3.62. The smallest absolute Gasteiger partial charge is 0.227 e. The minimum Gasteiger partial charge on any atom is -0.436 e. The fraction of sp³-hybridized carbons (Fsp3) is 0.0714. The molecule has 0 unspecified atom stereocenters. The third kappa shape index (κ3) is 3.87. The van der Waals surface area contributed by atoms with E-state index in [-0.39, 0.29) is 5.41 Å². The van der Waals surface area contributed by atoms with Crippen LogP contribution in [-0.4, -0.2) is 4.98 Å². The predicted octanol–water partition coefficient (Wildman–Crippen LogP) is 11.6. The summed E-state index contributed by atoms with van der Waals surface area (Å²) in [5, 5.41) is 4.87. The molecule has 1 heterocycles. The molecule has 0 N–H and O–H groups in total. The lowest BCUT2D eigenvalue weighted by atomic mass is 9.82. The number of oxazole rings is 1. The molecule has 0 bridgehead atoms. The van der Waals surface area contributed by atoms with Crippen molar-refractivity contribution >= 4 is 49.7 Å². The van der Waals surface area contributed by atoms with E-state index in [0.717, 1.165) is 33.7 Å². The first-order chi connectivity index (χ1) is 22.1. The molecule has 0 saturated heterocycles. The van der Waals surface area contributed by atoms with E-state index in [9.17, 15) is 0 Å². The highest BCUT2D eigenvalue weighted by Crippen LogP contribution is 2.54. The Bertz CT molecular complexity index is 2310. The van der Waals surface area contributed by atoms with Gasteiger partial charge >= 0.3 is 0 Å². The Morgan fingerprint density at radius 2 is 1.18 bits per heavy atom. The Hall–Kier alpha value is -5.67. The second-order valence-electron chi connectivity index (χ2n) is 12.4. The molecule has 1 aliphatic rings. The van der Waals surface area contributed by atoms with Gasteiger partial charge in [-0.2, -0.15) is 0 Å². The maximum Gasteiger partial charge on any atom is 0.227 e. The van der Waals surface area contributed by atoms with Crippen molar-refractivity contribution in [3.8, 4) is 22.6 Å². The van der Waals surface area contributed by atoms with Crippen LogP contribution in [0.3, 0.4) is 0 Å². The van der Waals surface area contributed by atoms with E-state index in [1.807, 2.05) is 24.3 Å². The molecule has 3 heteroatoms. The minimum absolute atomic E-state index is 0.216. The summed E-state index contributed by atoms with van der Waals surface area (Å²) in [6, 6.07) is 52.0. The van der Waals surface area contributed by atoms with Gasteiger partial charge in [-0.05, 0) is 75.5 Å². The minimum atomic E-state index is -0.216. The maximum absolute atomic E-state index is 6.30. The lowest BCUT2D eigenvalue weighted by molar-refractivity contribution is 0.619. The summed E-state index contributed by atoms with van der Waals surface area (Å²) in [7, 11) is 0. The zero-order valence-corrected chi connectivity index (χ0v) is 25.2. The van der Waals surface area contributed by atoms with Crippen molar-refractivity contribution in [3.05, 3.63) is 157 Å². The molecule has 0 fully saturated rings. The third-order valence-corrected chi connectivity index (χ3v) is 9.48. The van der Waals surface area contributed by atoms with Crippen LogP contribution in [0.5, 0.6) is 0 Å². The number of benzene rings is 7. The molecular formula is C42H30N2O. The Morgan fingerprint density at radius 3 is 1.89 bits per heavy atom. The number of nitrogens with zero attached hydrogens (tertiary/aromatic N) is 2. The highest BCUT2D eigenvalue weighted by atomic mass is 16.3. The van der Waals surface area contributed by atoms with Crippen molar-refractivity contribution in [2.45, 2.75) is 19.3 Å². The molecule has 9 rings (SSSR count). The summed E-state index contributed by atoms with van der Waals surface area (Å²) in [5.74, 6) is 0.661.